The van der Waals surface area contributed by atoms with E-state index in [0.717, 1.165) is 12.5 Å². The van der Waals surface area contributed by atoms with Crippen LogP contribution in [-0.4, -0.2) is 46.3 Å². The maximum atomic E-state index is 10.4. The van der Waals surface area contributed by atoms with E-state index >= 15 is 0 Å². The predicted molar refractivity (Wildman–Crippen MR) is 51.0 cm³/mol. The van der Waals surface area contributed by atoms with Gasteiger partial charge < -0.3 is 10.2 Å². The number of carboxylic acids is 1. The highest BCUT2D eigenvalue weighted by Gasteiger charge is 2.38. The second kappa shape index (κ2) is 3.87. The Morgan fingerprint density at radius 1 is 1.50 bits per heavy atom. The van der Waals surface area contributed by atoms with Crippen molar-refractivity contribution in [3.8, 4) is 0 Å². The van der Waals surface area contributed by atoms with Crippen LogP contribution in [0.3, 0.4) is 0 Å². The van der Waals surface area contributed by atoms with Gasteiger partial charge in [0.2, 0.25) is 0 Å². The summed E-state index contributed by atoms with van der Waals surface area (Å²) in [5.74, 6) is -0.112. The lowest BCUT2D eigenvalue weighted by molar-refractivity contribution is -0.139. The number of hydrogen-bond donors (Lipinski definition) is 2. The van der Waals surface area contributed by atoms with Crippen molar-refractivity contribution in [3.63, 3.8) is 0 Å². The summed E-state index contributed by atoms with van der Waals surface area (Å²) in [5.41, 5.74) is 0. The van der Waals surface area contributed by atoms with Crippen molar-refractivity contribution in [1.82, 2.24) is 4.90 Å². The molecule has 0 amide bonds. The molecule has 0 aromatic heterocycles. The normalized spacial score (nSPS) is 33.5. The van der Waals surface area contributed by atoms with Crippen molar-refractivity contribution >= 4 is 5.97 Å². The monoisotopic (exact) mass is 199 g/mol. The molecule has 1 heterocycles. The van der Waals surface area contributed by atoms with Gasteiger partial charge in [0.1, 0.15) is 0 Å². The molecule has 2 rings (SSSR count). The third kappa shape index (κ3) is 2.07. The second-order valence-corrected chi connectivity index (χ2v) is 4.54. The molecule has 0 aromatic carbocycles. The maximum Gasteiger partial charge on any atom is 0.306 e. The van der Waals surface area contributed by atoms with Gasteiger partial charge in [0.05, 0.1) is 12.5 Å². The zero-order valence-corrected chi connectivity index (χ0v) is 8.22. The van der Waals surface area contributed by atoms with Gasteiger partial charge >= 0.3 is 5.97 Å². The van der Waals surface area contributed by atoms with Gasteiger partial charge in [0, 0.05) is 19.1 Å². The minimum Gasteiger partial charge on any atom is -0.481 e. The SMILES string of the molecule is O=C(O)CC(O)CN1CC2CCC1C2. The standard InChI is InChI=1S/C10H17NO3/c12-9(4-10(13)14)6-11-5-7-1-2-8(11)3-7/h7-9,12H,1-6H2,(H,13,14). The number of aliphatic hydroxyl groups is 1. The molecular formula is C10H17NO3. The van der Waals surface area contributed by atoms with Gasteiger partial charge in [-0.2, -0.15) is 0 Å². The van der Waals surface area contributed by atoms with Crippen LogP contribution in [0.2, 0.25) is 0 Å². The predicted octanol–water partition coefficient (Wildman–Crippen LogP) is 0.306. The molecule has 1 saturated heterocycles. The number of β-amino-alcohol motifs (C(OH)–C–C–N with tert-alkyl or cyclic N) is 1. The van der Waals surface area contributed by atoms with Gasteiger partial charge in [-0.25, -0.2) is 0 Å². The Hall–Kier alpha value is -0.610. The van der Waals surface area contributed by atoms with E-state index in [1.807, 2.05) is 0 Å². The largest absolute Gasteiger partial charge is 0.481 e. The molecule has 1 aliphatic carbocycles. The van der Waals surface area contributed by atoms with Crippen LogP contribution in [0.25, 0.3) is 0 Å². The topological polar surface area (TPSA) is 60.8 Å². The van der Waals surface area contributed by atoms with Crippen molar-refractivity contribution in [1.29, 1.82) is 0 Å². The number of hydrogen-bond acceptors (Lipinski definition) is 3. The molecule has 2 bridgehead atoms. The fraction of sp³-hybridized carbons (Fsp3) is 0.900. The number of aliphatic carboxylic acids is 1. The number of nitrogens with zero attached hydrogens (tertiary/aromatic N) is 1. The third-order valence-corrected chi connectivity index (χ3v) is 3.38. The highest BCUT2D eigenvalue weighted by Crippen LogP contribution is 2.37. The molecule has 2 aliphatic rings. The third-order valence-electron chi connectivity index (χ3n) is 3.38. The van der Waals surface area contributed by atoms with E-state index in [9.17, 15) is 9.90 Å². The highest BCUT2D eigenvalue weighted by atomic mass is 16.4. The Kier molecular flexibility index (Phi) is 2.74. The average Bonchev–Trinajstić information content (AvgIpc) is 2.62. The summed E-state index contributed by atoms with van der Waals surface area (Å²) < 4.78 is 0. The van der Waals surface area contributed by atoms with Crippen LogP contribution < -0.4 is 0 Å². The van der Waals surface area contributed by atoms with Gasteiger partial charge in [-0.3, -0.25) is 9.69 Å². The number of fused-ring (bicyclic) bond motifs is 2. The maximum absolute atomic E-state index is 10.4. The number of rotatable bonds is 4. The van der Waals surface area contributed by atoms with Crippen molar-refractivity contribution in [2.75, 3.05) is 13.1 Å². The van der Waals surface area contributed by atoms with Crippen molar-refractivity contribution in [2.45, 2.75) is 37.8 Å². The Morgan fingerprint density at radius 3 is 2.79 bits per heavy atom. The molecule has 0 radical (unpaired) electrons. The molecule has 2 fully saturated rings. The summed E-state index contributed by atoms with van der Waals surface area (Å²) in [6.45, 7) is 1.59. The summed E-state index contributed by atoms with van der Waals surface area (Å²) >= 11 is 0. The van der Waals surface area contributed by atoms with Gasteiger partial charge in [0.25, 0.3) is 0 Å². The first-order valence-electron chi connectivity index (χ1n) is 5.29. The Bertz CT molecular complexity index is 231. The lowest BCUT2D eigenvalue weighted by Gasteiger charge is -2.28. The summed E-state index contributed by atoms with van der Waals surface area (Å²) in [6.07, 6.45) is 2.96. The van der Waals surface area contributed by atoms with Crippen LogP contribution in [-0.2, 0) is 4.79 Å². The molecular weight excluding hydrogens is 182 g/mol. The van der Waals surface area contributed by atoms with Gasteiger partial charge in [-0.1, -0.05) is 0 Å². The lowest BCUT2D eigenvalue weighted by Crippen LogP contribution is -2.38. The quantitative estimate of drug-likeness (QED) is 0.684. The van der Waals surface area contributed by atoms with E-state index in [1.54, 1.807) is 0 Å². The number of carbonyl (C=O) groups is 1. The summed E-state index contributed by atoms with van der Waals surface area (Å²) in [7, 11) is 0. The molecule has 2 N–H and O–H groups in total. The second-order valence-electron chi connectivity index (χ2n) is 4.54. The van der Waals surface area contributed by atoms with Crippen LogP contribution >= 0.6 is 0 Å². The van der Waals surface area contributed by atoms with Gasteiger partial charge in [-0.15, -0.1) is 0 Å². The minimum atomic E-state index is -0.915. The van der Waals surface area contributed by atoms with E-state index in [-0.39, 0.29) is 6.42 Å². The molecule has 0 aromatic rings. The zero-order valence-electron chi connectivity index (χ0n) is 8.22. The summed E-state index contributed by atoms with van der Waals surface area (Å²) in [5, 5.41) is 18.0. The number of aliphatic hydroxyl groups excluding tert-OH is 1. The molecule has 4 nitrogen and oxygen atoms in total. The first-order valence-corrected chi connectivity index (χ1v) is 5.29. The van der Waals surface area contributed by atoms with E-state index in [2.05, 4.69) is 4.90 Å². The van der Waals surface area contributed by atoms with Gasteiger partial charge in [0.15, 0.2) is 0 Å². The van der Waals surface area contributed by atoms with Crippen molar-refractivity contribution in [2.24, 2.45) is 5.92 Å². The number of likely N-dealkylation sites (tertiary alicyclic amines) is 1. The minimum absolute atomic E-state index is 0.131. The van der Waals surface area contributed by atoms with Crippen molar-refractivity contribution < 1.29 is 15.0 Å². The van der Waals surface area contributed by atoms with E-state index in [4.69, 9.17) is 5.11 Å². The van der Waals surface area contributed by atoms with E-state index in [0.29, 0.717) is 12.6 Å². The zero-order chi connectivity index (χ0) is 10.1. The smallest absolute Gasteiger partial charge is 0.306 e. The van der Waals surface area contributed by atoms with Crippen LogP contribution in [0, 0.1) is 5.92 Å². The Labute approximate surface area is 83.5 Å². The molecule has 80 valence electrons. The number of carboxylic acid groups (broad SMARTS) is 1. The fourth-order valence-corrected chi connectivity index (χ4v) is 2.79. The van der Waals surface area contributed by atoms with Crippen LogP contribution in [0.1, 0.15) is 25.7 Å². The van der Waals surface area contributed by atoms with Crippen LogP contribution in [0.4, 0.5) is 0 Å². The summed E-state index contributed by atoms with van der Waals surface area (Å²) in [6, 6.07) is 0.614. The molecule has 0 spiro atoms. The van der Waals surface area contributed by atoms with E-state index < -0.39 is 12.1 Å². The first kappa shape index (κ1) is 9.93. The van der Waals surface area contributed by atoms with Crippen molar-refractivity contribution in [3.05, 3.63) is 0 Å². The van der Waals surface area contributed by atoms with E-state index in [1.165, 1.54) is 19.3 Å². The molecule has 1 aliphatic heterocycles. The lowest BCUT2D eigenvalue weighted by atomic mass is 10.1. The van der Waals surface area contributed by atoms with Gasteiger partial charge in [-0.05, 0) is 25.2 Å². The molecule has 3 unspecified atom stereocenters. The Morgan fingerprint density at radius 2 is 2.29 bits per heavy atom. The summed E-state index contributed by atoms with van der Waals surface area (Å²) in [4.78, 5) is 12.6. The first-order chi connectivity index (χ1) is 6.65. The van der Waals surface area contributed by atoms with Crippen LogP contribution in [0.15, 0.2) is 0 Å². The molecule has 14 heavy (non-hydrogen) atoms. The molecule has 1 saturated carbocycles. The molecule has 4 heteroatoms. The Balaban J connectivity index is 1.78. The molecule has 3 atom stereocenters. The highest BCUT2D eigenvalue weighted by molar-refractivity contribution is 5.67. The average molecular weight is 199 g/mol. The van der Waals surface area contributed by atoms with Crippen LogP contribution in [0.5, 0.6) is 0 Å². The fourth-order valence-electron chi connectivity index (χ4n) is 2.79. The number of piperidine rings is 1.